The summed E-state index contributed by atoms with van der Waals surface area (Å²) in [5.74, 6) is 0. The van der Waals surface area contributed by atoms with Crippen LogP contribution in [0.5, 0.6) is 0 Å². The van der Waals surface area contributed by atoms with Crippen LogP contribution in [-0.2, 0) is 24.4 Å². The lowest BCUT2D eigenvalue weighted by Gasteiger charge is -2.24. The second-order valence-electron chi connectivity index (χ2n) is 4.29. The van der Waals surface area contributed by atoms with Crippen molar-refractivity contribution in [3.63, 3.8) is 0 Å². The lowest BCUT2D eigenvalue weighted by molar-refractivity contribution is 0.000691. The zero-order valence-corrected chi connectivity index (χ0v) is 11.0. The summed E-state index contributed by atoms with van der Waals surface area (Å²) in [5.41, 5.74) is 2.05. The second kappa shape index (κ2) is 5.13. The Labute approximate surface area is 109 Å². The molecule has 0 bridgehead atoms. The van der Waals surface area contributed by atoms with Crippen LogP contribution < -0.4 is 5.32 Å². The van der Waals surface area contributed by atoms with Gasteiger partial charge in [0.25, 0.3) is 0 Å². The molecule has 3 heterocycles. The molecule has 18 heavy (non-hydrogen) atoms. The fourth-order valence-electron chi connectivity index (χ4n) is 1.99. The number of rotatable bonds is 4. The molecule has 0 saturated heterocycles. The van der Waals surface area contributed by atoms with E-state index < -0.39 is 0 Å². The van der Waals surface area contributed by atoms with Crippen LogP contribution in [0.1, 0.15) is 16.4 Å². The van der Waals surface area contributed by atoms with E-state index in [9.17, 15) is 0 Å². The van der Waals surface area contributed by atoms with Gasteiger partial charge in [0.2, 0.25) is 0 Å². The maximum absolute atomic E-state index is 5.78. The normalized spacial score (nSPS) is 18.8. The van der Waals surface area contributed by atoms with Gasteiger partial charge in [-0.25, -0.2) is 9.67 Å². The molecule has 96 valence electrons. The quantitative estimate of drug-likeness (QED) is 0.883. The van der Waals surface area contributed by atoms with Crippen LogP contribution in [0.25, 0.3) is 0 Å². The minimum absolute atomic E-state index is 0.151. The Morgan fingerprint density at radius 2 is 2.56 bits per heavy atom. The fraction of sp³-hybridized carbons (Fsp3) is 0.545. The first-order valence-corrected chi connectivity index (χ1v) is 6.80. The van der Waals surface area contributed by atoms with E-state index in [-0.39, 0.29) is 6.10 Å². The Bertz CT molecular complexity index is 509. The smallest absolute Gasteiger partial charge is 0.106 e. The number of thiazole rings is 1. The fourth-order valence-corrected chi connectivity index (χ4v) is 2.58. The van der Waals surface area contributed by atoms with Crippen molar-refractivity contribution >= 4 is 11.3 Å². The molecule has 0 unspecified atom stereocenters. The van der Waals surface area contributed by atoms with Crippen molar-refractivity contribution in [3.8, 4) is 0 Å². The number of fused-ring (bicyclic) bond motifs is 1. The average Bonchev–Trinajstić information content (AvgIpc) is 3.00. The third kappa shape index (κ3) is 2.43. The lowest BCUT2D eigenvalue weighted by Crippen LogP contribution is -2.36. The molecule has 1 atom stereocenters. The summed E-state index contributed by atoms with van der Waals surface area (Å²) < 4.78 is 7.72. The molecule has 0 amide bonds. The molecule has 2 aromatic rings. The van der Waals surface area contributed by atoms with Crippen LogP contribution in [0.4, 0.5) is 0 Å². The highest BCUT2D eigenvalue weighted by atomic mass is 32.1. The predicted octanol–water partition coefficient (Wildman–Crippen LogP) is 0.732. The molecule has 6 nitrogen and oxygen atoms in total. The van der Waals surface area contributed by atoms with Crippen molar-refractivity contribution < 1.29 is 4.74 Å². The van der Waals surface area contributed by atoms with Crippen LogP contribution in [0, 0.1) is 6.92 Å². The van der Waals surface area contributed by atoms with Crippen LogP contribution >= 0.6 is 11.3 Å². The van der Waals surface area contributed by atoms with Gasteiger partial charge in [0.05, 0.1) is 30.6 Å². The highest BCUT2D eigenvalue weighted by Gasteiger charge is 2.21. The third-order valence-corrected chi connectivity index (χ3v) is 3.78. The standard InChI is InChI=1S/C11H15N5OS/c1-8-10-7-17-9(6-16(10)15-14-8)4-12-5-11-13-2-3-18-11/h2-3,9,12H,4-7H2,1H3/t9-/m0/s1. The summed E-state index contributed by atoms with van der Waals surface area (Å²) in [6.45, 7) is 4.92. The molecule has 0 aromatic carbocycles. The minimum atomic E-state index is 0.151. The largest absolute Gasteiger partial charge is 0.369 e. The number of aryl methyl sites for hydroxylation is 1. The summed E-state index contributed by atoms with van der Waals surface area (Å²) in [6.07, 6.45) is 1.97. The predicted molar refractivity (Wildman–Crippen MR) is 67.2 cm³/mol. The number of aromatic nitrogens is 4. The van der Waals surface area contributed by atoms with Crippen LogP contribution in [0.3, 0.4) is 0 Å². The summed E-state index contributed by atoms with van der Waals surface area (Å²) >= 11 is 1.66. The summed E-state index contributed by atoms with van der Waals surface area (Å²) in [6, 6.07) is 0. The van der Waals surface area contributed by atoms with E-state index in [2.05, 4.69) is 20.6 Å². The molecular weight excluding hydrogens is 250 g/mol. The van der Waals surface area contributed by atoms with Crippen molar-refractivity contribution in [2.24, 2.45) is 0 Å². The monoisotopic (exact) mass is 265 g/mol. The molecule has 0 aliphatic carbocycles. The number of hydrogen-bond donors (Lipinski definition) is 1. The Hall–Kier alpha value is -1.31. The average molecular weight is 265 g/mol. The maximum atomic E-state index is 5.78. The van der Waals surface area contributed by atoms with Crippen molar-refractivity contribution in [3.05, 3.63) is 28.0 Å². The second-order valence-corrected chi connectivity index (χ2v) is 5.27. The van der Waals surface area contributed by atoms with E-state index in [1.807, 2.05) is 23.2 Å². The summed E-state index contributed by atoms with van der Waals surface area (Å²) in [7, 11) is 0. The van der Waals surface area contributed by atoms with E-state index in [1.54, 1.807) is 11.3 Å². The van der Waals surface area contributed by atoms with Gasteiger partial charge in [-0.2, -0.15) is 0 Å². The number of hydrogen-bond acceptors (Lipinski definition) is 6. The van der Waals surface area contributed by atoms with E-state index in [0.717, 1.165) is 36.0 Å². The van der Waals surface area contributed by atoms with Gasteiger partial charge in [0.1, 0.15) is 5.01 Å². The van der Waals surface area contributed by atoms with E-state index in [1.165, 1.54) is 0 Å². The molecule has 0 fully saturated rings. The van der Waals surface area contributed by atoms with Gasteiger partial charge in [-0.05, 0) is 6.92 Å². The van der Waals surface area contributed by atoms with Gasteiger partial charge in [-0.15, -0.1) is 16.4 Å². The van der Waals surface area contributed by atoms with E-state index in [4.69, 9.17) is 4.74 Å². The lowest BCUT2D eigenvalue weighted by atomic mass is 10.2. The van der Waals surface area contributed by atoms with E-state index in [0.29, 0.717) is 6.61 Å². The number of ether oxygens (including phenoxy) is 1. The Balaban J connectivity index is 1.50. The van der Waals surface area contributed by atoms with Crippen molar-refractivity contribution in [2.75, 3.05) is 6.54 Å². The number of nitrogens with zero attached hydrogens (tertiary/aromatic N) is 4. The van der Waals surface area contributed by atoms with Crippen LogP contribution in [0.2, 0.25) is 0 Å². The van der Waals surface area contributed by atoms with Gasteiger partial charge >= 0.3 is 0 Å². The third-order valence-electron chi connectivity index (χ3n) is 3.00. The highest BCUT2D eigenvalue weighted by molar-refractivity contribution is 7.09. The number of nitrogens with one attached hydrogen (secondary N) is 1. The molecule has 1 aliphatic rings. The Morgan fingerprint density at radius 1 is 1.61 bits per heavy atom. The molecule has 1 aliphatic heterocycles. The van der Waals surface area contributed by atoms with Crippen molar-refractivity contribution in [1.29, 1.82) is 0 Å². The molecule has 0 radical (unpaired) electrons. The van der Waals surface area contributed by atoms with Gasteiger partial charge < -0.3 is 10.1 Å². The van der Waals surface area contributed by atoms with Crippen molar-refractivity contribution in [2.45, 2.75) is 32.7 Å². The summed E-state index contributed by atoms with van der Waals surface area (Å²) in [5, 5.41) is 14.6. The highest BCUT2D eigenvalue weighted by Crippen LogP contribution is 2.14. The first-order valence-electron chi connectivity index (χ1n) is 5.92. The first kappa shape index (κ1) is 11.8. The van der Waals surface area contributed by atoms with Crippen molar-refractivity contribution in [1.82, 2.24) is 25.3 Å². The van der Waals surface area contributed by atoms with Crippen LogP contribution in [0.15, 0.2) is 11.6 Å². The molecular formula is C11H15N5OS. The molecule has 7 heteroatoms. The van der Waals surface area contributed by atoms with Gasteiger partial charge in [0.15, 0.2) is 0 Å². The molecule has 0 spiro atoms. The Kier molecular flexibility index (Phi) is 3.35. The SMILES string of the molecule is Cc1nnn2c1CO[C@@H](CNCc1nccs1)C2. The van der Waals surface area contributed by atoms with Gasteiger partial charge in [-0.3, -0.25) is 0 Å². The molecule has 3 rings (SSSR count). The van der Waals surface area contributed by atoms with Gasteiger partial charge in [-0.1, -0.05) is 5.21 Å². The maximum Gasteiger partial charge on any atom is 0.106 e. The minimum Gasteiger partial charge on any atom is -0.369 e. The molecule has 1 N–H and O–H groups in total. The zero-order valence-electron chi connectivity index (χ0n) is 10.2. The van der Waals surface area contributed by atoms with E-state index >= 15 is 0 Å². The molecule has 2 aromatic heterocycles. The van der Waals surface area contributed by atoms with Crippen LogP contribution in [-0.4, -0.2) is 32.6 Å². The zero-order chi connectivity index (χ0) is 12.4. The topological polar surface area (TPSA) is 64.9 Å². The summed E-state index contributed by atoms with van der Waals surface area (Å²) in [4.78, 5) is 4.23. The van der Waals surface area contributed by atoms with Gasteiger partial charge in [0, 0.05) is 24.7 Å². The molecule has 0 saturated carbocycles. The first-order chi connectivity index (χ1) is 8.83. The Morgan fingerprint density at radius 3 is 3.39 bits per heavy atom.